The molecule has 0 aromatic heterocycles. The molecule has 0 heterocycles. The summed E-state index contributed by atoms with van der Waals surface area (Å²) in [6, 6.07) is 3.38. The fourth-order valence-corrected chi connectivity index (χ4v) is 1.86. The first-order valence-electron chi connectivity index (χ1n) is 7.89. The zero-order valence-corrected chi connectivity index (χ0v) is 14.2. The molecule has 0 unspecified atom stereocenters. The van der Waals surface area contributed by atoms with Crippen LogP contribution in [0.15, 0.2) is 18.2 Å². The van der Waals surface area contributed by atoms with Crippen LogP contribution in [0.5, 0.6) is 0 Å². The Bertz CT molecular complexity index is 536. The Morgan fingerprint density at radius 3 is 1.58 bits per heavy atom. The molecule has 26 heavy (non-hydrogen) atoms. The van der Waals surface area contributed by atoms with Gasteiger partial charge in [0.1, 0.15) is 0 Å². The smallest absolute Gasteiger partial charge is 0.276 e. The van der Waals surface area contributed by atoms with Crippen LogP contribution in [-0.2, 0) is 25.6 Å². The lowest BCUT2D eigenvalue weighted by molar-refractivity contribution is -0.394. The number of nitrogens with zero attached hydrogens (tertiary/aromatic N) is 2. The van der Waals surface area contributed by atoms with Gasteiger partial charge in [-0.2, -0.15) is 0 Å². The van der Waals surface area contributed by atoms with E-state index in [1.165, 1.54) is 12.1 Å². The minimum atomic E-state index is -0.686. The number of non-ortho nitro benzene ring substituents is 2. The second kappa shape index (κ2) is 13.1. The maximum Gasteiger partial charge on any atom is 0.276 e. The van der Waals surface area contributed by atoms with Crippen LogP contribution in [0.1, 0.15) is 5.56 Å². The average Bonchev–Trinajstić information content (AvgIpc) is 2.62. The molecule has 0 saturated heterocycles. The maximum absolute atomic E-state index is 10.8. The molecule has 11 heteroatoms. The molecular formula is C15H22N2O9. The molecule has 11 nitrogen and oxygen atoms in total. The van der Waals surface area contributed by atoms with Gasteiger partial charge in [0, 0.05) is 12.1 Å². The molecular weight excluding hydrogens is 352 g/mol. The van der Waals surface area contributed by atoms with Gasteiger partial charge in [-0.15, -0.1) is 0 Å². The molecule has 0 bridgehead atoms. The molecule has 0 saturated carbocycles. The summed E-state index contributed by atoms with van der Waals surface area (Å²) in [6.07, 6.45) is 0. The summed E-state index contributed by atoms with van der Waals surface area (Å²) in [7, 11) is 0. The van der Waals surface area contributed by atoms with E-state index in [1.807, 2.05) is 0 Å². The van der Waals surface area contributed by atoms with E-state index in [0.717, 1.165) is 6.07 Å². The quantitative estimate of drug-likeness (QED) is 0.271. The third-order valence-electron chi connectivity index (χ3n) is 3.00. The number of hydrogen-bond acceptors (Lipinski definition) is 9. The Labute approximate surface area is 149 Å². The van der Waals surface area contributed by atoms with Crippen molar-refractivity contribution in [3.63, 3.8) is 0 Å². The van der Waals surface area contributed by atoms with Crippen LogP contribution in [0.25, 0.3) is 0 Å². The predicted octanol–water partition coefficient (Wildman–Crippen LogP) is 1.06. The number of nitro benzene ring substituents is 2. The average molecular weight is 374 g/mol. The highest BCUT2D eigenvalue weighted by Gasteiger charge is 2.16. The number of benzene rings is 1. The summed E-state index contributed by atoms with van der Waals surface area (Å²) < 4.78 is 20.8. The predicted molar refractivity (Wildman–Crippen MR) is 88.9 cm³/mol. The normalized spacial score (nSPS) is 10.8. The maximum atomic E-state index is 10.8. The Hall–Kier alpha value is -2.18. The second-order valence-electron chi connectivity index (χ2n) is 4.99. The van der Waals surface area contributed by atoms with Gasteiger partial charge in [-0.05, 0) is 5.56 Å². The van der Waals surface area contributed by atoms with Crippen molar-refractivity contribution in [2.45, 2.75) is 6.61 Å². The molecule has 0 aliphatic heterocycles. The van der Waals surface area contributed by atoms with E-state index >= 15 is 0 Å². The van der Waals surface area contributed by atoms with Gasteiger partial charge in [-0.25, -0.2) is 0 Å². The number of hydrogen-bond donors (Lipinski definition) is 1. The van der Waals surface area contributed by atoms with Crippen molar-refractivity contribution in [2.24, 2.45) is 0 Å². The highest BCUT2D eigenvalue weighted by atomic mass is 16.6. The van der Waals surface area contributed by atoms with Crippen LogP contribution in [0.2, 0.25) is 0 Å². The first-order chi connectivity index (χ1) is 12.5. The van der Waals surface area contributed by atoms with Crippen molar-refractivity contribution in [3.05, 3.63) is 44.0 Å². The van der Waals surface area contributed by atoms with Gasteiger partial charge in [-0.3, -0.25) is 20.2 Å². The topological polar surface area (TPSA) is 143 Å². The van der Waals surface area contributed by atoms with E-state index in [0.29, 0.717) is 38.6 Å². The molecule has 0 aliphatic carbocycles. The van der Waals surface area contributed by atoms with Gasteiger partial charge in [0.15, 0.2) is 0 Å². The number of ether oxygens (including phenoxy) is 4. The summed E-state index contributed by atoms with van der Waals surface area (Å²) >= 11 is 0. The lowest BCUT2D eigenvalue weighted by atomic mass is 10.2. The van der Waals surface area contributed by atoms with E-state index in [4.69, 9.17) is 24.1 Å². The van der Waals surface area contributed by atoms with E-state index < -0.39 is 9.85 Å². The van der Waals surface area contributed by atoms with Crippen molar-refractivity contribution in [2.75, 3.05) is 52.9 Å². The highest BCUT2D eigenvalue weighted by Crippen LogP contribution is 2.23. The van der Waals surface area contributed by atoms with Gasteiger partial charge in [0.25, 0.3) is 11.4 Å². The van der Waals surface area contributed by atoms with E-state index in [2.05, 4.69) is 0 Å². The van der Waals surface area contributed by atoms with Gasteiger partial charge < -0.3 is 24.1 Å². The number of aliphatic hydroxyl groups excluding tert-OH is 1. The van der Waals surface area contributed by atoms with Gasteiger partial charge in [0.2, 0.25) is 0 Å². The number of nitro groups is 2. The minimum Gasteiger partial charge on any atom is -0.394 e. The third kappa shape index (κ3) is 9.34. The Morgan fingerprint density at radius 2 is 1.15 bits per heavy atom. The zero-order chi connectivity index (χ0) is 19.2. The fourth-order valence-electron chi connectivity index (χ4n) is 1.86. The second-order valence-corrected chi connectivity index (χ2v) is 4.99. The lowest BCUT2D eigenvalue weighted by Gasteiger charge is -2.07. The SMILES string of the molecule is O=[N+]([O-])c1cc(COCCOCCOCCOCCO)cc([N+](=O)[O-])c1. The highest BCUT2D eigenvalue weighted by molar-refractivity contribution is 5.46. The molecule has 0 spiro atoms. The van der Waals surface area contributed by atoms with Crippen molar-refractivity contribution in [1.82, 2.24) is 0 Å². The molecule has 0 fully saturated rings. The van der Waals surface area contributed by atoms with E-state index in [-0.39, 0.29) is 37.8 Å². The van der Waals surface area contributed by atoms with Crippen LogP contribution < -0.4 is 0 Å². The molecule has 0 radical (unpaired) electrons. The summed E-state index contributed by atoms with van der Waals surface area (Å²) in [5.41, 5.74) is -0.361. The van der Waals surface area contributed by atoms with Gasteiger partial charge in [-0.1, -0.05) is 0 Å². The number of aliphatic hydroxyl groups is 1. The minimum absolute atomic E-state index is 0.00454. The molecule has 0 amide bonds. The first-order valence-corrected chi connectivity index (χ1v) is 7.89. The molecule has 0 aliphatic rings. The molecule has 146 valence electrons. The standard InChI is InChI=1S/C15H22N2O9/c18-1-2-23-3-4-24-5-6-25-7-8-26-12-13-9-14(16(19)20)11-15(10-13)17(21)22/h9-11,18H,1-8,12H2. The summed E-state index contributed by atoms with van der Waals surface area (Å²) in [5, 5.41) is 30.1. The Balaban J connectivity index is 2.16. The summed E-state index contributed by atoms with van der Waals surface area (Å²) in [4.78, 5) is 20.2. The van der Waals surface area contributed by atoms with Crippen LogP contribution >= 0.6 is 0 Å². The van der Waals surface area contributed by atoms with Gasteiger partial charge >= 0.3 is 0 Å². The van der Waals surface area contributed by atoms with Crippen molar-refractivity contribution in [3.8, 4) is 0 Å². The van der Waals surface area contributed by atoms with Crippen LogP contribution in [0.4, 0.5) is 11.4 Å². The molecule has 0 atom stereocenters. The van der Waals surface area contributed by atoms with Crippen LogP contribution in [0, 0.1) is 20.2 Å². The zero-order valence-electron chi connectivity index (χ0n) is 14.2. The first kappa shape index (κ1) is 21.9. The van der Waals surface area contributed by atoms with Crippen molar-refractivity contribution >= 4 is 11.4 Å². The molecule has 1 N–H and O–H groups in total. The van der Waals surface area contributed by atoms with Crippen molar-refractivity contribution < 1.29 is 33.9 Å². The summed E-state index contributed by atoms with van der Waals surface area (Å²) in [6.45, 7) is 2.36. The van der Waals surface area contributed by atoms with E-state index in [1.54, 1.807) is 0 Å². The Morgan fingerprint density at radius 1 is 0.731 bits per heavy atom. The largest absolute Gasteiger partial charge is 0.394 e. The molecule has 1 rings (SSSR count). The lowest BCUT2D eigenvalue weighted by Crippen LogP contribution is -2.12. The monoisotopic (exact) mass is 374 g/mol. The van der Waals surface area contributed by atoms with E-state index in [9.17, 15) is 20.2 Å². The fraction of sp³-hybridized carbons (Fsp3) is 0.600. The Kier molecular flexibility index (Phi) is 11.0. The summed E-state index contributed by atoms with van der Waals surface area (Å²) in [5.74, 6) is 0. The van der Waals surface area contributed by atoms with Gasteiger partial charge in [0.05, 0.1) is 75.4 Å². The van der Waals surface area contributed by atoms with Crippen LogP contribution in [0.3, 0.4) is 0 Å². The third-order valence-corrected chi connectivity index (χ3v) is 3.00. The number of rotatable bonds is 15. The van der Waals surface area contributed by atoms with Crippen molar-refractivity contribution in [1.29, 1.82) is 0 Å². The molecule has 1 aromatic carbocycles. The molecule has 1 aromatic rings. The van der Waals surface area contributed by atoms with Crippen LogP contribution in [-0.4, -0.2) is 67.8 Å².